The van der Waals surface area contributed by atoms with E-state index in [1.165, 1.54) is 0 Å². The first-order chi connectivity index (χ1) is 13.2. The summed E-state index contributed by atoms with van der Waals surface area (Å²) < 4.78 is 16.1. The molecule has 0 spiro atoms. The number of ether oxygens (including phenoxy) is 3. The van der Waals surface area contributed by atoms with E-state index in [4.69, 9.17) is 14.2 Å². The zero-order chi connectivity index (χ0) is 19.1. The predicted molar refractivity (Wildman–Crippen MR) is 105 cm³/mol. The van der Waals surface area contributed by atoms with Gasteiger partial charge in [0, 0.05) is 37.9 Å². The highest BCUT2D eigenvalue weighted by molar-refractivity contribution is 5.76. The summed E-state index contributed by atoms with van der Waals surface area (Å²) >= 11 is 0. The van der Waals surface area contributed by atoms with Crippen LogP contribution in [0.1, 0.15) is 6.42 Å². The summed E-state index contributed by atoms with van der Waals surface area (Å²) in [5.74, 6) is 2.51. The molecular weight excluding hydrogens is 344 g/mol. The molecule has 1 aliphatic heterocycles. The largest absolute Gasteiger partial charge is 0.497 e. The van der Waals surface area contributed by atoms with Crippen LogP contribution >= 0.6 is 0 Å². The van der Waals surface area contributed by atoms with Gasteiger partial charge in [0.2, 0.25) is 5.91 Å². The number of carbonyl (C=O) groups is 1. The second-order valence-corrected chi connectivity index (χ2v) is 6.34. The molecule has 0 saturated carbocycles. The summed E-state index contributed by atoms with van der Waals surface area (Å²) in [5, 5.41) is 0. The van der Waals surface area contributed by atoms with E-state index in [0.29, 0.717) is 13.0 Å². The fraction of sp³-hybridized carbons (Fsp3) is 0.381. The summed E-state index contributed by atoms with van der Waals surface area (Å²) in [5.41, 5.74) is 1.13. The number of hydrogen-bond acceptors (Lipinski definition) is 5. The fourth-order valence-electron chi connectivity index (χ4n) is 3.11. The Hall–Kier alpha value is -2.89. The molecule has 2 aromatic carbocycles. The second kappa shape index (κ2) is 9.16. The van der Waals surface area contributed by atoms with Gasteiger partial charge >= 0.3 is 0 Å². The van der Waals surface area contributed by atoms with Crippen LogP contribution in [0.5, 0.6) is 17.2 Å². The zero-order valence-corrected chi connectivity index (χ0v) is 15.9. The number of benzene rings is 2. The summed E-state index contributed by atoms with van der Waals surface area (Å²) in [6.45, 7) is 3.45. The van der Waals surface area contributed by atoms with Crippen molar-refractivity contribution >= 4 is 11.6 Å². The highest BCUT2D eigenvalue weighted by atomic mass is 16.5. The topological polar surface area (TPSA) is 51.2 Å². The summed E-state index contributed by atoms with van der Waals surface area (Å²) in [6.07, 6.45) is 0.380. The van der Waals surface area contributed by atoms with Gasteiger partial charge < -0.3 is 24.0 Å². The number of carbonyl (C=O) groups excluding carboxylic acids is 1. The first-order valence-corrected chi connectivity index (χ1v) is 9.13. The number of piperazine rings is 1. The van der Waals surface area contributed by atoms with Crippen LogP contribution in [0.25, 0.3) is 0 Å². The molecule has 3 rings (SSSR count). The maximum Gasteiger partial charge on any atom is 0.226 e. The highest BCUT2D eigenvalue weighted by Crippen LogP contribution is 2.22. The first-order valence-electron chi connectivity index (χ1n) is 9.13. The molecule has 27 heavy (non-hydrogen) atoms. The minimum atomic E-state index is 0.133. The minimum absolute atomic E-state index is 0.133. The van der Waals surface area contributed by atoms with Crippen molar-refractivity contribution in [3.05, 3.63) is 48.5 Å². The standard InChI is InChI=1S/C21H26N2O4/c1-25-18-6-8-19(9-7-18)27-15-10-21(24)23-13-11-22(12-14-23)17-4-3-5-20(16-17)26-2/h3-9,16H,10-15H2,1-2H3. The average Bonchev–Trinajstić information content (AvgIpc) is 2.74. The van der Waals surface area contributed by atoms with E-state index in [2.05, 4.69) is 11.0 Å². The normalized spacial score (nSPS) is 14.0. The van der Waals surface area contributed by atoms with E-state index in [9.17, 15) is 4.79 Å². The number of rotatable bonds is 7. The maximum atomic E-state index is 12.4. The lowest BCUT2D eigenvalue weighted by atomic mass is 10.2. The van der Waals surface area contributed by atoms with Crippen LogP contribution in [0.3, 0.4) is 0 Å². The third-order valence-corrected chi connectivity index (χ3v) is 4.69. The average molecular weight is 370 g/mol. The van der Waals surface area contributed by atoms with Crippen LogP contribution < -0.4 is 19.1 Å². The zero-order valence-electron chi connectivity index (χ0n) is 15.9. The fourth-order valence-corrected chi connectivity index (χ4v) is 3.11. The third-order valence-electron chi connectivity index (χ3n) is 4.69. The molecule has 6 nitrogen and oxygen atoms in total. The molecular formula is C21H26N2O4. The smallest absolute Gasteiger partial charge is 0.226 e. The maximum absolute atomic E-state index is 12.4. The molecule has 2 aromatic rings. The van der Waals surface area contributed by atoms with Crippen LogP contribution in [0.15, 0.2) is 48.5 Å². The summed E-state index contributed by atoms with van der Waals surface area (Å²) in [6, 6.07) is 15.4. The van der Waals surface area contributed by atoms with Crippen molar-refractivity contribution in [3.8, 4) is 17.2 Å². The monoisotopic (exact) mass is 370 g/mol. The van der Waals surface area contributed by atoms with Crippen LogP contribution in [-0.2, 0) is 4.79 Å². The van der Waals surface area contributed by atoms with E-state index in [1.807, 2.05) is 47.4 Å². The van der Waals surface area contributed by atoms with Crippen molar-refractivity contribution in [1.82, 2.24) is 4.90 Å². The van der Waals surface area contributed by atoms with Crippen molar-refractivity contribution in [3.63, 3.8) is 0 Å². The van der Waals surface area contributed by atoms with Gasteiger partial charge in [-0.1, -0.05) is 6.07 Å². The molecule has 144 valence electrons. The van der Waals surface area contributed by atoms with Gasteiger partial charge in [-0.15, -0.1) is 0 Å². The number of nitrogens with zero attached hydrogens (tertiary/aromatic N) is 2. The first kappa shape index (κ1) is 18.9. The van der Waals surface area contributed by atoms with E-state index in [1.54, 1.807) is 14.2 Å². The highest BCUT2D eigenvalue weighted by Gasteiger charge is 2.21. The lowest BCUT2D eigenvalue weighted by molar-refractivity contribution is -0.132. The Morgan fingerprint density at radius 2 is 1.56 bits per heavy atom. The molecule has 0 aliphatic carbocycles. The van der Waals surface area contributed by atoms with Gasteiger partial charge in [0.05, 0.1) is 27.2 Å². The van der Waals surface area contributed by atoms with Crippen LogP contribution in [-0.4, -0.2) is 57.8 Å². The van der Waals surface area contributed by atoms with Crippen molar-refractivity contribution in [2.75, 3.05) is 51.9 Å². The molecule has 0 N–H and O–H groups in total. The number of amides is 1. The third kappa shape index (κ3) is 5.06. The number of methoxy groups -OCH3 is 2. The quantitative estimate of drug-likeness (QED) is 0.750. The van der Waals surface area contributed by atoms with Crippen LogP contribution in [0.2, 0.25) is 0 Å². The Balaban J connectivity index is 1.42. The minimum Gasteiger partial charge on any atom is -0.497 e. The molecule has 6 heteroatoms. The van der Waals surface area contributed by atoms with E-state index in [0.717, 1.165) is 49.1 Å². The van der Waals surface area contributed by atoms with Gasteiger partial charge in [0.1, 0.15) is 17.2 Å². The Bertz CT molecular complexity index is 740. The second-order valence-electron chi connectivity index (χ2n) is 6.34. The van der Waals surface area contributed by atoms with Gasteiger partial charge in [-0.2, -0.15) is 0 Å². The van der Waals surface area contributed by atoms with Gasteiger partial charge in [-0.3, -0.25) is 4.79 Å². The lowest BCUT2D eigenvalue weighted by Gasteiger charge is -2.36. The molecule has 0 aromatic heterocycles. The number of anilines is 1. The van der Waals surface area contributed by atoms with E-state index in [-0.39, 0.29) is 5.91 Å². The van der Waals surface area contributed by atoms with E-state index >= 15 is 0 Å². The molecule has 0 radical (unpaired) electrons. The van der Waals surface area contributed by atoms with Crippen molar-refractivity contribution < 1.29 is 19.0 Å². The summed E-state index contributed by atoms with van der Waals surface area (Å²) in [4.78, 5) is 16.6. The van der Waals surface area contributed by atoms with Crippen LogP contribution in [0, 0.1) is 0 Å². The molecule has 0 unspecified atom stereocenters. The summed E-state index contributed by atoms with van der Waals surface area (Å²) in [7, 11) is 3.30. The van der Waals surface area contributed by atoms with Gasteiger partial charge in [-0.25, -0.2) is 0 Å². The molecule has 1 aliphatic rings. The Morgan fingerprint density at radius 1 is 0.889 bits per heavy atom. The number of hydrogen-bond donors (Lipinski definition) is 0. The molecule has 0 bridgehead atoms. The van der Waals surface area contributed by atoms with Crippen molar-refractivity contribution in [1.29, 1.82) is 0 Å². The van der Waals surface area contributed by atoms with Crippen molar-refractivity contribution in [2.45, 2.75) is 6.42 Å². The Kier molecular flexibility index (Phi) is 6.41. The molecule has 1 saturated heterocycles. The SMILES string of the molecule is COc1ccc(OCCC(=O)N2CCN(c3cccc(OC)c3)CC2)cc1. The van der Waals surface area contributed by atoms with Gasteiger partial charge in [0.15, 0.2) is 0 Å². The lowest BCUT2D eigenvalue weighted by Crippen LogP contribution is -2.49. The molecule has 1 heterocycles. The van der Waals surface area contributed by atoms with Gasteiger partial charge in [0.25, 0.3) is 0 Å². The Morgan fingerprint density at radius 3 is 2.22 bits per heavy atom. The van der Waals surface area contributed by atoms with E-state index < -0.39 is 0 Å². The van der Waals surface area contributed by atoms with Gasteiger partial charge in [-0.05, 0) is 36.4 Å². The van der Waals surface area contributed by atoms with Crippen molar-refractivity contribution in [2.24, 2.45) is 0 Å². The predicted octanol–water partition coefficient (Wildman–Crippen LogP) is 2.82. The molecule has 0 atom stereocenters. The molecule has 1 fully saturated rings. The Labute approximate surface area is 160 Å². The van der Waals surface area contributed by atoms with Crippen LogP contribution in [0.4, 0.5) is 5.69 Å². The molecule has 1 amide bonds.